The quantitative estimate of drug-likeness (QED) is 0.775. The molecule has 1 atom stereocenters. The highest BCUT2D eigenvalue weighted by Crippen LogP contribution is 2.24. The molecule has 3 rings (SSSR count). The molecule has 2 aromatic carbocycles. The minimum Gasteiger partial charge on any atom is -0.339 e. The van der Waals surface area contributed by atoms with Crippen LogP contribution < -0.4 is 11.1 Å². The largest absolute Gasteiger partial charge is 0.339 e. The van der Waals surface area contributed by atoms with Gasteiger partial charge in [0.1, 0.15) is 0 Å². The van der Waals surface area contributed by atoms with Crippen molar-refractivity contribution in [3.05, 3.63) is 64.7 Å². The summed E-state index contributed by atoms with van der Waals surface area (Å²) in [6.45, 7) is 3.39. The molecule has 150 valence electrons. The van der Waals surface area contributed by atoms with Crippen molar-refractivity contribution in [2.24, 2.45) is 11.7 Å². The van der Waals surface area contributed by atoms with Gasteiger partial charge in [0.2, 0.25) is 0 Å². The van der Waals surface area contributed by atoms with Gasteiger partial charge in [-0.05, 0) is 62.1 Å². The molecule has 0 bridgehead atoms. The zero-order valence-corrected chi connectivity index (χ0v) is 17.3. The van der Waals surface area contributed by atoms with E-state index in [0.29, 0.717) is 40.8 Å². The minimum atomic E-state index is -0.275. The van der Waals surface area contributed by atoms with Crippen molar-refractivity contribution in [1.82, 2.24) is 4.90 Å². The molecule has 2 amide bonds. The van der Waals surface area contributed by atoms with Gasteiger partial charge in [0, 0.05) is 29.7 Å². The van der Waals surface area contributed by atoms with Crippen LogP contribution in [-0.4, -0.2) is 35.8 Å². The molecule has 0 radical (unpaired) electrons. The first-order valence-corrected chi connectivity index (χ1v) is 9.54. The fourth-order valence-electron chi connectivity index (χ4n) is 3.37. The van der Waals surface area contributed by atoms with E-state index in [0.717, 1.165) is 12.8 Å². The Kier molecular flexibility index (Phi) is 7.87. The first kappa shape index (κ1) is 22.2. The van der Waals surface area contributed by atoms with Crippen LogP contribution in [0.5, 0.6) is 0 Å². The van der Waals surface area contributed by atoms with Gasteiger partial charge in [-0.25, -0.2) is 0 Å². The van der Waals surface area contributed by atoms with Crippen LogP contribution in [0.4, 0.5) is 5.69 Å². The van der Waals surface area contributed by atoms with Crippen LogP contribution in [0.15, 0.2) is 48.5 Å². The smallest absolute Gasteiger partial charge is 0.255 e. The number of halogens is 2. The van der Waals surface area contributed by atoms with Crippen molar-refractivity contribution in [2.75, 3.05) is 18.4 Å². The molecule has 5 nitrogen and oxygen atoms in total. The number of likely N-dealkylation sites (tertiary alicyclic amines) is 1. The summed E-state index contributed by atoms with van der Waals surface area (Å²) < 4.78 is 0. The number of nitrogens with zero attached hydrogens (tertiary/aromatic N) is 1. The van der Waals surface area contributed by atoms with E-state index in [-0.39, 0.29) is 30.3 Å². The molecule has 1 unspecified atom stereocenters. The Bertz CT molecular complexity index is 817. The van der Waals surface area contributed by atoms with E-state index in [4.69, 9.17) is 17.3 Å². The second-order valence-electron chi connectivity index (χ2n) is 7.00. The van der Waals surface area contributed by atoms with Crippen molar-refractivity contribution in [3.63, 3.8) is 0 Å². The molecule has 3 N–H and O–H groups in total. The summed E-state index contributed by atoms with van der Waals surface area (Å²) in [6, 6.07) is 13.9. The monoisotopic (exact) mass is 421 g/mol. The van der Waals surface area contributed by atoms with Crippen molar-refractivity contribution in [1.29, 1.82) is 0 Å². The lowest BCUT2D eigenvalue weighted by Crippen LogP contribution is -2.42. The Hall–Kier alpha value is -2.08. The summed E-state index contributed by atoms with van der Waals surface area (Å²) >= 11 is 5.87. The maximum atomic E-state index is 13.0. The van der Waals surface area contributed by atoms with E-state index in [1.54, 1.807) is 48.5 Å². The van der Waals surface area contributed by atoms with Gasteiger partial charge in [0.25, 0.3) is 11.8 Å². The molecule has 1 heterocycles. The highest BCUT2D eigenvalue weighted by molar-refractivity contribution is 6.30. The Balaban J connectivity index is 0.00000280. The van der Waals surface area contributed by atoms with Crippen LogP contribution in [0.2, 0.25) is 5.02 Å². The third-order valence-electron chi connectivity index (χ3n) is 5.08. The van der Waals surface area contributed by atoms with Crippen LogP contribution in [0.25, 0.3) is 0 Å². The molecule has 7 heteroatoms. The molecule has 1 aliphatic rings. The molecule has 0 saturated carbocycles. The number of carbonyl (C=O) groups excluding carboxylic acids is 2. The van der Waals surface area contributed by atoms with E-state index in [1.807, 2.05) is 11.8 Å². The summed E-state index contributed by atoms with van der Waals surface area (Å²) in [5.74, 6) is 0.113. The van der Waals surface area contributed by atoms with Crippen LogP contribution in [0, 0.1) is 5.92 Å². The van der Waals surface area contributed by atoms with Gasteiger partial charge < -0.3 is 16.0 Å². The van der Waals surface area contributed by atoms with Gasteiger partial charge in [0.15, 0.2) is 0 Å². The van der Waals surface area contributed by atoms with E-state index in [2.05, 4.69) is 5.32 Å². The summed E-state index contributed by atoms with van der Waals surface area (Å²) in [5, 5.41) is 3.41. The number of piperidine rings is 1. The molecular formula is C21H25Cl2N3O2. The van der Waals surface area contributed by atoms with E-state index < -0.39 is 0 Å². The third kappa shape index (κ3) is 5.25. The van der Waals surface area contributed by atoms with Crippen LogP contribution in [0.1, 0.15) is 40.5 Å². The standard InChI is InChI=1S/C21H24ClN3O2.ClH/c1-14(23)15-10-12-25(13-11-15)21(27)18-4-2-3-5-19(18)24-20(26)16-6-8-17(22)9-7-16;/h2-9,14-15H,10-13,23H2,1H3,(H,24,26);1H. The number of amides is 2. The average Bonchev–Trinajstić information content (AvgIpc) is 2.68. The lowest BCUT2D eigenvalue weighted by molar-refractivity contribution is 0.0682. The molecule has 1 fully saturated rings. The Morgan fingerprint density at radius 1 is 1.11 bits per heavy atom. The summed E-state index contributed by atoms with van der Waals surface area (Å²) in [5.41, 5.74) is 7.48. The first-order chi connectivity index (χ1) is 13.0. The molecule has 0 aliphatic carbocycles. The van der Waals surface area contributed by atoms with Crippen molar-refractivity contribution < 1.29 is 9.59 Å². The number of benzene rings is 2. The van der Waals surface area contributed by atoms with Crippen LogP contribution in [-0.2, 0) is 0 Å². The Morgan fingerprint density at radius 3 is 2.32 bits per heavy atom. The fourth-order valence-corrected chi connectivity index (χ4v) is 3.50. The molecule has 1 aliphatic heterocycles. The number of carbonyl (C=O) groups is 2. The second kappa shape index (κ2) is 9.92. The molecule has 2 aromatic rings. The summed E-state index contributed by atoms with van der Waals surface area (Å²) in [6.07, 6.45) is 1.81. The van der Waals surface area contributed by atoms with Gasteiger partial charge in [-0.3, -0.25) is 9.59 Å². The molecule has 1 saturated heterocycles. The number of rotatable bonds is 4. The van der Waals surface area contributed by atoms with Crippen molar-refractivity contribution >= 4 is 41.5 Å². The van der Waals surface area contributed by atoms with Crippen LogP contribution in [0.3, 0.4) is 0 Å². The number of nitrogens with one attached hydrogen (secondary N) is 1. The van der Waals surface area contributed by atoms with Gasteiger partial charge in [-0.1, -0.05) is 23.7 Å². The second-order valence-corrected chi connectivity index (χ2v) is 7.43. The number of hydrogen-bond donors (Lipinski definition) is 2. The van der Waals surface area contributed by atoms with Crippen LogP contribution >= 0.6 is 24.0 Å². The zero-order chi connectivity index (χ0) is 19.4. The summed E-state index contributed by atoms with van der Waals surface area (Å²) in [4.78, 5) is 27.3. The lowest BCUT2D eigenvalue weighted by atomic mass is 9.90. The summed E-state index contributed by atoms with van der Waals surface area (Å²) in [7, 11) is 0. The molecule has 28 heavy (non-hydrogen) atoms. The lowest BCUT2D eigenvalue weighted by Gasteiger charge is -2.34. The van der Waals surface area contributed by atoms with Crippen molar-refractivity contribution in [2.45, 2.75) is 25.8 Å². The number of anilines is 1. The van der Waals surface area contributed by atoms with E-state index >= 15 is 0 Å². The normalized spacial score (nSPS) is 15.5. The molecule has 0 spiro atoms. The Labute approximate surface area is 176 Å². The predicted octanol–water partition coefficient (Wildman–Crippen LogP) is 4.21. The SMILES string of the molecule is CC(N)C1CCN(C(=O)c2ccccc2NC(=O)c2ccc(Cl)cc2)CC1.Cl. The maximum absolute atomic E-state index is 13.0. The van der Waals surface area contributed by atoms with Gasteiger partial charge in [0.05, 0.1) is 11.3 Å². The van der Waals surface area contributed by atoms with E-state index in [9.17, 15) is 9.59 Å². The van der Waals surface area contributed by atoms with Gasteiger partial charge >= 0.3 is 0 Å². The highest BCUT2D eigenvalue weighted by atomic mass is 35.5. The van der Waals surface area contributed by atoms with Gasteiger partial charge in [-0.2, -0.15) is 0 Å². The first-order valence-electron chi connectivity index (χ1n) is 9.16. The maximum Gasteiger partial charge on any atom is 0.255 e. The molecular weight excluding hydrogens is 397 g/mol. The zero-order valence-electron chi connectivity index (χ0n) is 15.7. The predicted molar refractivity (Wildman–Crippen MR) is 115 cm³/mol. The number of nitrogens with two attached hydrogens (primary N) is 1. The average molecular weight is 422 g/mol. The third-order valence-corrected chi connectivity index (χ3v) is 5.33. The topological polar surface area (TPSA) is 75.4 Å². The number of hydrogen-bond acceptors (Lipinski definition) is 3. The highest BCUT2D eigenvalue weighted by Gasteiger charge is 2.26. The fraction of sp³-hybridized carbons (Fsp3) is 0.333. The number of para-hydroxylation sites is 1. The van der Waals surface area contributed by atoms with Crippen molar-refractivity contribution in [3.8, 4) is 0 Å². The van der Waals surface area contributed by atoms with Gasteiger partial charge in [-0.15, -0.1) is 12.4 Å². The minimum absolute atomic E-state index is 0. The molecule has 0 aromatic heterocycles. The Morgan fingerprint density at radius 2 is 1.71 bits per heavy atom. The van der Waals surface area contributed by atoms with E-state index in [1.165, 1.54) is 0 Å².